The Balaban J connectivity index is 0.00000242. The van der Waals surface area contributed by atoms with E-state index in [1.54, 1.807) is 6.92 Å². The maximum absolute atomic E-state index is 12.6. The van der Waals surface area contributed by atoms with Gasteiger partial charge in [-0.15, -0.1) is 12.4 Å². The predicted molar refractivity (Wildman–Crippen MR) is 85.7 cm³/mol. The number of halogens is 1. The summed E-state index contributed by atoms with van der Waals surface area (Å²) in [4.78, 5) is 11.7. The van der Waals surface area contributed by atoms with Gasteiger partial charge in [-0.2, -0.15) is 4.31 Å². The third kappa shape index (κ3) is 3.60. The van der Waals surface area contributed by atoms with Crippen LogP contribution in [-0.2, 0) is 14.8 Å². The van der Waals surface area contributed by atoms with E-state index in [2.05, 4.69) is 4.74 Å². The Hall–Kier alpha value is -1.15. The number of carbonyl (C=O) groups excluding carboxylic acids is 1. The van der Waals surface area contributed by atoms with Crippen LogP contribution in [-0.4, -0.2) is 45.4 Å². The molecule has 0 amide bonds. The van der Waals surface area contributed by atoms with Gasteiger partial charge in [0.15, 0.2) is 0 Å². The molecule has 0 bridgehead atoms. The normalized spacial score (nSPS) is 18.8. The fourth-order valence-electron chi connectivity index (χ4n) is 2.53. The molecular weight excluding hydrogens is 328 g/mol. The average Bonchev–Trinajstić information content (AvgIpc) is 2.95. The molecule has 2 N–H and O–H groups in total. The van der Waals surface area contributed by atoms with Gasteiger partial charge in [0.1, 0.15) is 0 Å². The number of methoxy groups -OCH3 is 1. The van der Waals surface area contributed by atoms with Crippen molar-refractivity contribution in [3.05, 3.63) is 29.3 Å². The molecule has 6 nitrogen and oxygen atoms in total. The lowest BCUT2D eigenvalue weighted by atomic mass is 10.1. The van der Waals surface area contributed by atoms with Crippen LogP contribution in [0.25, 0.3) is 0 Å². The van der Waals surface area contributed by atoms with Crippen molar-refractivity contribution < 1.29 is 17.9 Å². The second-order valence-corrected chi connectivity index (χ2v) is 7.13. The van der Waals surface area contributed by atoms with E-state index < -0.39 is 16.0 Å². The highest BCUT2D eigenvalue weighted by Gasteiger charge is 2.32. The van der Waals surface area contributed by atoms with Crippen molar-refractivity contribution in [2.75, 3.05) is 26.7 Å². The van der Waals surface area contributed by atoms with Crippen molar-refractivity contribution in [3.63, 3.8) is 0 Å². The minimum atomic E-state index is -3.54. The number of nitrogens with zero attached hydrogens (tertiary/aromatic N) is 1. The summed E-state index contributed by atoms with van der Waals surface area (Å²) in [6, 6.07) is 4.48. The summed E-state index contributed by atoms with van der Waals surface area (Å²) in [5.41, 5.74) is 6.48. The monoisotopic (exact) mass is 348 g/mol. The van der Waals surface area contributed by atoms with Crippen molar-refractivity contribution in [1.29, 1.82) is 0 Å². The minimum Gasteiger partial charge on any atom is -0.465 e. The Morgan fingerprint density at radius 1 is 1.45 bits per heavy atom. The summed E-state index contributed by atoms with van der Waals surface area (Å²) >= 11 is 0. The zero-order valence-corrected chi connectivity index (χ0v) is 14.2. The van der Waals surface area contributed by atoms with E-state index in [0.29, 0.717) is 30.8 Å². The zero-order chi connectivity index (χ0) is 15.6. The molecule has 1 aromatic carbocycles. The first-order valence-electron chi connectivity index (χ1n) is 6.79. The molecule has 0 aliphatic carbocycles. The maximum Gasteiger partial charge on any atom is 0.337 e. The zero-order valence-electron chi connectivity index (χ0n) is 12.6. The van der Waals surface area contributed by atoms with Crippen LogP contribution < -0.4 is 5.73 Å². The minimum absolute atomic E-state index is 0. The number of carbonyl (C=O) groups is 1. The molecule has 0 radical (unpaired) electrons. The van der Waals surface area contributed by atoms with Crippen LogP contribution in [0.3, 0.4) is 0 Å². The Kier molecular flexibility index (Phi) is 6.37. The molecule has 0 aromatic heterocycles. The fourth-order valence-corrected chi connectivity index (χ4v) is 4.27. The van der Waals surface area contributed by atoms with Crippen LogP contribution in [0.5, 0.6) is 0 Å². The second kappa shape index (κ2) is 7.41. The van der Waals surface area contributed by atoms with Gasteiger partial charge < -0.3 is 10.5 Å². The maximum atomic E-state index is 12.6. The third-order valence-corrected chi connectivity index (χ3v) is 5.82. The van der Waals surface area contributed by atoms with Crippen LogP contribution in [0, 0.1) is 12.8 Å². The topological polar surface area (TPSA) is 89.7 Å². The lowest BCUT2D eigenvalue weighted by Gasteiger charge is -2.18. The van der Waals surface area contributed by atoms with Gasteiger partial charge in [0.2, 0.25) is 10.0 Å². The summed E-state index contributed by atoms with van der Waals surface area (Å²) in [6.07, 6.45) is 0.787. The Bertz CT molecular complexity index is 648. The number of nitrogens with two attached hydrogens (primary N) is 1. The van der Waals surface area contributed by atoms with Gasteiger partial charge in [0.05, 0.1) is 17.6 Å². The molecule has 1 unspecified atom stereocenters. The molecule has 124 valence electrons. The van der Waals surface area contributed by atoms with E-state index in [4.69, 9.17) is 5.73 Å². The average molecular weight is 349 g/mol. The molecule has 22 heavy (non-hydrogen) atoms. The largest absolute Gasteiger partial charge is 0.465 e. The number of benzene rings is 1. The van der Waals surface area contributed by atoms with Gasteiger partial charge >= 0.3 is 5.97 Å². The number of esters is 1. The highest BCUT2D eigenvalue weighted by Crippen LogP contribution is 2.26. The van der Waals surface area contributed by atoms with Gasteiger partial charge in [0.25, 0.3) is 0 Å². The number of sulfonamides is 1. The highest BCUT2D eigenvalue weighted by molar-refractivity contribution is 7.89. The molecule has 8 heteroatoms. The molecule has 1 aliphatic heterocycles. The molecule has 1 aliphatic rings. The van der Waals surface area contributed by atoms with E-state index in [9.17, 15) is 13.2 Å². The van der Waals surface area contributed by atoms with Crippen LogP contribution in [0.15, 0.2) is 23.1 Å². The van der Waals surface area contributed by atoms with E-state index >= 15 is 0 Å². The number of ether oxygens (including phenoxy) is 1. The van der Waals surface area contributed by atoms with Crippen molar-refractivity contribution in [1.82, 2.24) is 4.31 Å². The molecule has 1 atom stereocenters. The molecule has 0 saturated carbocycles. The number of hydrogen-bond acceptors (Lipinski definition) is 5. The molecule has 0 spiro atoms. The van der Waals surface area contributed by atoms with Crippen molar-refractivity contribution in [2.24, 2.45) is 11.7 Å². The first kappa shape index (κ1) is 18.9. The number of hydrogen-bond donors (Lipinski definition) is 1. The van der Waals surface area contributed by atoms with E-state index in [-0.39, 0.29) is 23.2 Å². The molecule has 2 rings (SSSR count). The quantitative estimate of drug-likeness (QED) is 0.825. The van der Waals surface area contributed by atoms with E-state index in [1.807, 2.05) is 0 Å². The third-order valence-electron chi connectivity index (χ3n) is 3.80. The smallest absolute Gasteiger partial charge is 0.337 e. The van der Waals surface area contributed by atoms with Crippen LogP contribution in [0.2, 0.25) is 0 Å². The van der Waals surface area contributed by atoms with Crippen molar-refractivity contribution in [3.8, 4) is 0 Å². The van der Waals surface area contributed by atoms with Crippen LogP contribution >= 0.6 is 12.4 Å². The number of aryl methyl sites for hydroxylation is 1. The standard InChI is InChI=1S/C14H20N2O4S.ClH/c1-10-7-12(14(17)20-2)3-4-13(10)21(18,19)16-6-5-11(8-15)9-16;/h3-4,7,11H,5-6,8-9,15H2,1-2H3;1H. The van der Waals surface area contributed by atoms with E-state index in [0.717, 1.165) is 6.42 Å². The molecule has 1 heterocycles. The Labute approximate surface area is 137 Å². The summed E-state index contributed by atoms with van der Waals surface area (Å²) in [6.45, 7) is 3.11. The number of rotatable bonds is 4. The van der Waals surface area contributed by atoms with Crippen molar-refractivity contribution >= 4 is 28.4 Å². The Morgan fingerprint density at radius 3 is 2.64 bits per heavy atom. The first-order valence-corrected chi connectivity index (χ1v) is 8.23. The van der Waals surface area contributed by atoms with Gasteiger partial charge in [-0.3, -0.25) is 0 Å². The lowest BCUT2D eigenvalue weighted by molar-refractivity contribution is 0.0600. The second-order valence-electron chi connectivity index (χ2n) is 5.23. The van der Waals surface area contributed by atoms with E-state index in [1.165, 1.54) is 29.6 Å². The van der Waals surface area contributed by atoms with Crippen LogP contribution in [0.1, 0.15) is 22.3 Å². The highest BCUT2D eigenvalue weighted by atomic mass is 35.5. The van der Waals surface area contributed by atoms with Crippen molar-refractivity contribution in [2.45, 2.75) is 18.2 Å². The van der Waals surface area contributed by atoms with Gasteiger partial charge in [-0.25, -0.2) is 13.2 Å². The van der Waals surface area contributed by atoms with Gasteiger partial charge in [-0.05, 0) is 49.6 Å². The molecule has 1 aromatic rings. The fraction of sp³-hybridized carbons (Fsp3) is 0.500. The van der Waals surface area contributed by atoms with Crippen LogP contribution in [0.4, 0.5) is 0 Å². The summed E-state index contributed by atoms with van der Waals surface area (Å²) < 4.78 is 31.4. The van der Waals surface area contributed by atoms with Gasteiger partial charge in [0, 0.05) is 13.1 Å². The SMILES string of the molecule is COC(=O)c1ccc(S(=O)(=O)N2CCC(CN)C2)c(C)c1.Cl. The summed E-state index contributed by atoms with van der Waals surface area (Å²) in [5, 5.41) is 0. The molecular formula is C14H21ClN2O4S. The predicted octanol–water partition coefficient (Wildman–Crippen LogP) is 1.17. The Morgan fingerprint density at radius 2 is 2.14 bits per heavy atom. The summed E-state index contributed by atoms with van der Waals surface area (Å²) in [5.74, 6) is -0.263. The molecule has 1 fully saturated rings. The summed E-state index contributed by atoms with van der Waals surface area (Å²) in [7, 11) is -2.24. The lowest BCUT2D eigenvalue weighted by Crippen LogP contribution is -2.30. The first-order chi connectivity index (χ1) is 9.90. The molecule has 1 saturated heterocycles. The van der Waals surface area contributed by atoms with Gasteiger partial charge in [-0.1, -0.05) is 0 Å².